The summed E-state index contributed by atoms with van der Waals surface area (Å²) >= 11 is 8.67. The van der Waals surface area contributed by atoms with E-state index in [0.717, 1.165) is 36.1 Å². The number of halogens is 1. The van der Waals surface area contributed by atoms with E-state index in [9.17, 15) is 9.59 Å². The number of fused-ring (bicyclic) bond motifs is 1. The van der Waals surface area contributed by atoms with Crippen LogP contribution in [0.25, 0.3) is 0 Å². The van der Waals surface area contributed by atoms with E-state index in [1.807, 2.05) is 11.5 Å². The first-order chi connectivity index (χ1) is 16.5. The van der Waals surface area contributed by atoms with Crippen LogP contribution < -0.4 is 10.1 Å². The maximum absolute atomic E-state index is 12.7. The fourth-order valence-electron chi connectivity index (χ4n) is 3.79. The number of aromatic nitrogens is 3. The molecular formula is C23H25ClN4O4S2. The first kappa shape index (κ1) is 24.6. The number of benzene rings is 1. The number of hydrogen-bond acceptors (Lipinski definition) is 8. The zero-order valence-corrected chi connectivity index (χ0v) is 21.3. The molecule has 0 spiro atoms. The molecule has 0 bridgehead atoms. The number of thiophene rings is 1. The van der Waals surface area contributed by atoms with Crippen molar-refractivity contribution < 1.29 is 19.1 Å². The van der Waals surface area contributed by atoms with Gasteiger partial charge in [0.1, 0.15) is 17.4 Å². The van der Waals surface area contributed by atoms with Gasteiger partial charge >= 0.3 is 5.97 Å². The van der Waals surface area contributed by atoms with Gasteiger partial charge in [-0.05, 0) is 62.4 Å². The Kier molecular flexibility index (Phi) is 8.12. The van der Waals surface area contributed by atoms with Crippen LogP contribution in [0.3, 0.4) is 0 Å². The SMILES string of the molecule is CCn1c(COc2ccc(Cl)cc2)nnc1SCC(=O)Nc1sc2c(c1C(=O)OC)CCCC2. The number of amides is 1. The molecule has 2 aromatic heterocycles. The highest BCUT2D eigenvalue weighted by atomic mass is 35.5. The van der Waals surface area contributed by atoms with Crippen molar-refractivity contribution in [3.05, 3.63) is 51.1 Å². The van der Waals surface area contributed by atoms with Crippen molar-refractivity contribution in [2.24, 2.45) is 0 Å². The lowest BCUT2D eigenvalue weighted by Crippen LogP contribution is -2.17. The molecule has 34 heavy (non-hydrogen) atoms. The minimum atomic E-state index is -0.404. The molecule has 1 N–H and O–H groups in total. The summed E-state index contributed by atoms with van der Waals surface area (Å²) in [4.78, 5) is 26.3. The highest BCUT2D eigenvalue weighted by Gasteiger charge is 2.27. The zero-order valence-electron chi connectivity index (χ0n) is 18.9. The molecule has 0 aliphatic heterocycles. The Balaban J connectivity index is 1.39. The molecule has 3 aromatic rings. The summed E-state index contributed by atoms with van der Waals surface area (Å²) in [6.45, 7) is 2.87. The standard InChI is InChI=1S/C23H25ClN4O4S2/c1-3-28-18(12-32-15-10-8-14(24)9-11-15)26-27-23(28)33-13-19(29)25-21-20(22(30)31-2)16-6-4-5-7-17(16)34-21/h8-11H,3-7,12-13H2,1-2H3,(H,25,29). The molecule has 4 rings (SSSR count). The molecule has 2 heterocycles. The second kappa shape index (κ2) is 11.2. The third-order valence-electron chi connectivity index (χ3n) is 5.44. The molecule has 0 fully saturated rings. The minimum Gasteiger partial charge on any atom is -0.486 e. The van der Waals surface area contributed by atoms with Gasteiger partial charge in [0.25, 0.3) is 0 Å². The van der Waals surface area contributed by atoms with E-state index < -0.39 is 5.97 Å². The molecule has 0 atom stereocenters. The molecule has 11 heteroatoms. The van der Waals surface area contributed by atoms with Crippen molar-refractivity contribution in [1.82, 2.24) is 14.8 Å². The van der Waals surface area contributed by atoms with E-state index in [4.69, 9.17) is 21.1 Å². The summed E-state index contributed by atoms with van der Waals surface area (Å²) in [5.74, 6) is 0.874. The number of methoxy groups -OCH3 is 1. The number of carbonyl (C=O) groups excluding carboxylic acids is 2. The third-order valence-corrected chi connectivity index (χ3v) is 7.86. The minimum absolute atomic E-state index is 0.138. The summed E-state index contributed by atoms with van der Waals surface area (Å²) in [5, 5.41) is 13.2. The molecule has 1 aliphatic carbocycles. The molecule has 0 saturated heterocycles. The van der Waals surface area contributed by atoms with Gasteiger partial charge in [-0.15, -0.1) is 21.5 Å². The lowest BCUT2D eigenvalue weighted by atomic mass is 9.95. The Morgan fingerprint density at radius 2 is 1.97 bits per heavy atom. The molecule has 0 saturated carbocycles. The van der Waals surface area contributed by atoms with Gasteiger partial charge in [0.2, 0.25) is 5.91 Å². The number of anilines is 1. The van der Waals surface area contributed by atoms with E-state index in [1.54, 1.807) is 24.3 Å². The molecule has 0 radical (unpaired) electrons. The van der Waals surface area contributed by atoms with E-state index in [2.05, 4.69) is 15.5 Å². The maximum atomic E-state index is 12.7. The quantitative estimate of drug-likeness (QED) is 0.313. The zero-order chi connectivity index (χ0) is 24.1. The van der Waals surface area contributed by atoms with Gasteiger partial charge < -0.3 is 19.4 Å². The fourth-order valence-corrected chi connectivity index (χ4v) is 6.03. The normalized spacial score (nSPS) is 12.8. The van der Waals surface area contributed by atoms with Crippen molar-refractivity contribution in [3.63, 3.8) is 0 Å². The maximum Gasteiger partial charge on any atom is 0.341 e. The Hall–Kier alpha value is -2.56. The predicted molar refractivity (Wildman–Crippen MR) is 133 cm³/mol. The number of nitrogens with zero attached hydrogens (tertiary/aromatic N) is 3. The van der Waals surface area contributed by atoms with Gasteiger partial charge in [0, 0.05) is 16.4 Å². The van der Waals surface area contributed by atoms with Gasteiger partial charge in [0.15, 0.2) is 11.0 Å². The van der Waals surface area contributed by atoms with Crippen LogP contribution in [-0.2, 0) is 35.5 Å². The van der Waals surface area contributed by atoms with E-state index in [0.29, 0.717) is 38.9 Å². The Bertz CT molecular complexity index is 1180. The lowest BCUT2D eigenvalue weighted by molar-refractivity contribution is -0.113. The number of esters is 1. The van der Waals surface area contributed by atoms with Crippen molar-refractivity contribution in [1.29, 1.82) is 0 Å². The smallest absolute Gasteiger partial charge is 0.341 e. The first-order valence-electron chi connectivity index (χ1n) is 11.0. The summed E-state index contributed by atoms with van der Waals surface area (Å²) < 4.78 is 12.7. The van der Waals surface area contributed by atoms with Crippen molar-refractivity contribution in [2.75, 3.05) is 18.2 Å². The Morgan fingerprint density at radius 3 is 2.71 bits per heavy atom. The number of rotatable bonds is 9. The average Bonchev–Trinajstić information content (AvgIpc) is 3.42. The summed E-state index contributed by atoms with van der Waals surface area (Å²) in [5.41, 5.74) is 1.51. The van der Waals surface area contributed by atoms with Crippen LogP contribution in [0.15, 0.2) is 29.4 Å². The van der Waals surface area contributed by atoms with Crippen molar-refractivity contribution in [3.8, 4) is 5.75 Å². The molecule has 1 aliphatic rings. The molecule has 180 valence electrons. The van der Waals surface area contributed by atoms with Crippen LogP contribution >= 0.6 is 34.7 Å². The Labute approximate surface area is 211 Å². The van der Waals surface area contributed by atoms with Crippen LogP contribution in [0.1, 0.15) is 46.4 Å². The number of hydrogen-bond donors (Lipinski definition) is 1. The molecule has 8 nitrogen and oxygen atoms in total. The molecule has 0 unspecified atom stereocenters. The van der Waals surface area contributed by atoms with Gasteiger partial charge in [-0.2, -0.15) is 0 Å². The highest BCUT2D eigenvalue weighted by molar-refractivity contribution is 7.99. The van der Waals surface area contributed by atoms with Gasteiger partial charge in [-0.1, -0.05) is 23.4 Å². The van der Waals surface area contributed by atoms with Crippen molar-refractivity contribution in [2.45, 2.75) is 50.9 Å². The number of thioether (sulfide) groups is 1. The highest BCUT2D eigenvalue weighted by Crippen LogP contribution is 2.38. The topological polar surface area (TPSA) is 95.3 Å². The second-order valence-electron chi connectivity index (χ2n) is 7.63. The third kappa shape index (κ3) is 5.56. The molecule has 1 amide bonds. The van der Waals surface area contributed by atoms with Crippen LogP contribution in [-0.4, -0.2) is 39.5 Å². The first-order valence-corrected chi connectivity index (χ1v) is 13.1. The van der Waals surface area contributed by atoms with Crippen LogP contribution in [0.2, 0.25) is 5.02 Å². The Morgan fingerprint density at radius 1 is 1.21 bits per heavy atom. The monoisotopic (exact) mass is 520 g/mol. The van der Waals surface area contributed by atoms with Crippen LogP contribution in [0, 0.1) is 0 Å². The van der Waals surface area contributed by atoms with Crippen LogP contribution in [0.4, 0.5) is 5.00 Å². The number of ether oxygens (including phenoxy) is 2. The second-order valence-corrected chi connectivity index (χ2v) is 10.1. The van der Waals surface area contributed by atoms with E-state index in [1.165, 1.54) is 30.2 Å². The summed E-state index contributed by atoms with van der Waals surface area (Å²) in [6, 6.07) is 7.11. The van der Waals surface area contributed by atoms with Crippen molar-refractivity contribution >= 4 is 51.6 Å². The number of carbonyl (C=O) groups is 2. The predicted octanol–water partition coefficient (Wildman–Crippen LogP) is 4.99. The van der Waals surface area contributed by atoms with Gasteiger partial charge in [-0.25, -0.2) is 4.79 Å². The largest absolute Gasteiger partial charge is 0.486 e. The van der Waals surface area contributed by atoms with E-state index in [-0.39, 0.29) is 18.3 Å². The van der Waals surface area contributed by atoms with E-state index >= 15 is 0 Å². The molecule has 1 aromatic carbocycles. The van der Waals surface area contributed by atoms with Gasteiger partial charge in [0.05, 0.1) is 18.4 Å². The molecular weight excluding hydrogens is 496 g/mol. The van der Waals surface area contributed by atoms with Gasteiger partial charge in [-0.3, -0.25) is 4.79 Å². The summed E-state index contributed by atoms with van der Waals surface area (Å²) in [6.07, 6.45) is 3.89. The lowest BCUT2D eigenvalue weighted by Gasteiger charge is -2.11. The average molecular weight is 521 g/mol. The van der Waals surface area contributed by atoms with Crippen LogP contribution in [0.5, 0.6) is 5.75 Å². The number of aryl methyl sites for hydroxylation is 1. The number of nitrogens with one attached hydrogen (secondary N) is 1. The summed E-state index contributed by atoms with van der Waals surface area (Å²) in [7, 11) is 1.36. The fraction of sp³-hybridized carbons (Fsp3) is 0.391.